The van der Waals surface area contributed by atoms with Gasteiger partial charge in [0.2, 0.25) is 5.91 Å². The number of hydrogen-bond donors (Lipinski definition) is 0. The van der Waals surface area contributed by atoms with Crippen LogP contribution in [0.4, 0.5) is 0 Å². The number of piperazine rings is 1. The summed E-state index contributed by atoms with van der Waals surface area (Å²) in [5.41, 5.74) is 2.17. The molecule has 134 valence electrons. The van der Waals surface area contributed by atoms with E-state index in [-0.39, 0.29) is 5.91 Å². The predicted molar refractivity (Wildman–Crippen MR) is 95.3 cm³/mol. The van der Waals surface area contributed by atoms with Gasteiger partial charge in [-0.15, -0.1) is 0 Å². The van der Waals surface area contributed by atoms with Crippen LogP contribution in [0.15, 0.2) is 34.9 Å². The van der Waals surface area contributed by atoms with Crippen LogP contribution < -0.4 is 0 Å². The molecule has 0 spiro atoms. The molecule has 2 fully saturated rings. The highest BCUT2D eigenvalue weighted by Crippen LogP contribution is 2.22. The molecule has 1 amide bonds. The molecule has 0 saturated carbocycles. The van der Waals surface area contributed by atoms with Gasteiger partial charge in [-0.05, 0) is 6.07 Å². The maximum atomic E-state index is 12.5. The third-order valence-corrected chi connectivity index (χ3v) is 5.14. The lowest BCUT2D eigenvalue weighted by molar-refractivity contribution is -0.135. The number of amides is 1. The van der Waals surface area contributed by atoms with Crippen molar-refractivity contribution in [3.8, 4) is 0 Å². The van der Waals surface area contributed by atoms with Crippen molar-refractivity contribution >= 4 is 16.9 Å². The van der Waals surface area contributed by atoms with Crippen LogP contribution in [0.2, 0.25) is 0 Å². The Labute approximate surface area is 147 Å². The summed E-state index contributed by atoms with van der Waals surface area (Å²) >= 11 is 0. The van der Waals surface area contributed by atoms with E-state index in [1.807, 2.05) is 29.4 Å². The lowest BCUT2D eigenvalue weighted by Crippen LogP contribution is -2.51. The highest BCUT2D eigenvalue weighted by molar-refractivity contribution is 5.80. The molecule has 2 aliphatic rings. The van der Waals surface area contributed by atoms with Crippen molar-refractivity contribution in [2.45, 2.75) is 6.54 Å². The summed E-state index contributed by atoms with van der Waals surface area (Å²) in [6.07, 6.45) is 1.86. The summed E-state index contributed by atoms with van der Waals surface area (Å²) in [4.78, 5) is 19.1. The van der Waals surface area contributed by atoms with Crippen LogP contribution in [0.5, 0.6) is 0 Å². The number of fused-ring (bicyclic) bond motifs is 1. The molecule has 6 heteroatoms. The molecule has 2 aromatic rings. The normalized spacial score (nSPS) is 20.2. The lowest BCUT2D eigenvalue weighted by atomic mass is 10.1. The molecule has 0 bridgehead atoms. The zero-order chi connectivity index (χ0) is 17.1. The van der Waals surface area contributed by atoms with Crippen LogP contribution in [-0.2, 0) is 16.1 Å². The van der Waals surface area contributed by atoms with Crippen molar-refractivity contribution in [1.82, 2.24) is 14.7 Å². The van der Waals surface area contributed by atoms with Crippen molar-refractivity contribution in [3.63, 3.8) is 0 Å². The number of furan rings is 1. The molecule has 0 atom stereocenters. The number of carbonyl (C=O) groups is 1. The average Bonchev–Trinajstić information content (AvgIpc) is 3.06. The molecule has 2 aliphatic heterocycles. The topological polar surface area (TPSA) is 49.2 Å². The number of rotatable bonds is 4. The Morgan fingerprint density at radius 2 is 1.72 bits per heavy atom. The van der Waals surface area contributed by atoms with Gasteiger partial charge in [0.15, 0.2) is 0 Å². The minimum absolute atomic E-state index is 0.246. The first-order chi connectivity index (χ1) is 12.3. The fraction of sp³-hybridized carbons (Fsp3) is 0.526. The molecular weight excluding hydrogens is 318 g/mol. The number of morpholine rings is 1. The summed E-state index contributed by atoms with van der Waals surface area (Å²) in [5, 5.41) is 1.19. The summed E-state index contributed by atoms with van der Waals surface area (Å²) in [6, 6.07) is 8.15. The minimum atomic E-state index is 0.246. The average molecular weight is 343 g/mol. The first-order valence-corrected chi connectivity index (χ1v) is 9.05. The van der Waals surface area contributed by atoms with Gasteiger partial charge in [0.25, 0.3) is 0 Å². The number of carbonyl (C=O) groups excluding carboxylic acids is 1. The van der Waals surface area contributed by atoms with E-state index in [4.69, 9.17) is 9.15 Å². The van der Waals surface area contributed by atoms with Crippen molar-refractivity contribution in [2.24, 2.45) is 0 Å². The zero-order valence-electron chi connectivity index (χ0n) is 14.5. The standard InChI is InChI=1S/C19H25N3O3/c23-19(14-21-9-11-24-12-10-21)22-7-5-20(6-8-22)13-16-15-25-18-4-2-1-3-17(16)18/h1-4,15H,5-14H2. The van der Waals surface area contributed by atoms with Crippen LogP contribution in [0.3, 0.4) is 0 Å². The van der Waals surface area contributed by atoms with E-state index >= 15 is 0 Å². The van der Waals surface area contributed by atoms with Gasteiger partial charge in [-0.1, -0.05) is 18.2 Å². The maximum absolute atomic E-state index is 12.5. The van der Waals surface area contributed by atoms with Gasteiger partial charge in [-0.2, -0.15) is 0 Å². The SMILES string of the molecule is O=C(CN1CCOCC1)N1CCN(Cc2coc3ccccc23)CC1. The van der Waals surface area contributed by atoms with Gasteiger partial charge < -0.3 is 14.1 Å². The molecule has 4 rings (SSSR count). The summed E-state index contributed by atoms with van der Waals surface area (Å²) < 4.78 is 11.0. The molecule has 0 aliphatic carbocycles. The zero-order valence-corrected chi connectivity index (χ0v) is 14.5. The highest BCUT2D eigenvalue weighted by Gasteiger charge is 2.24. The number of nitrogens with zero attached hydrogens (tertiary/aromatic N) is 3. The smallest absolute Gasteiger partial charge is 0.236 e. The Kier molecular flexibility index (Phi) is 5.01. The predicted octanol–water partition coefficient (Wildman–Crippen LogP) is 1.41. The molecule has 1 aromatic heterocycles. The summed E-state index contributed by atoms with van der Waals surface area (Å²) in [5.74, 6) is 0.246. The van der Waals surface area contributed by atoms with Gasteiger partial charge in [0.1, 0.15) is 5.58 Å². The van der Waals surface area contributed by atoms with E-state index < -0.39 is 0 Å². The Morgan fingerprint density at radius 3 is 2.52 bits per heavy atom. The molecule has 6 nitrogen and oxygen atoms in total. The molecule has 0 unspecified atom stereocenters. The van der Waals surface area contributed by atoms with Gasteiger partial charge in [0, 0.05) is 56.8 Å². The Bertz CT molecular complexity index is 716. The maximum Gasteiger partial charge on any atom is 0.236 e. The van der Waals surface area contributed by atoms with E-state index in [1.54, 1.807) is 0 Å². The molecular formula is C19H25N3O3. The van der Waals surface area contributed by atoms with Crippen LogP contribution in [0, 0.1) is 0 Å². The van der Waals surface area contributed by atoms with Crippen molar-refractivity contribution in [3.05, 3.63) is 36.1 Å². The Hall–Kier alpha value is -1.89. The van der Waals surface area contributed by atoms with E-state index in [0.717, 1.165) is 64.6 Å². The molecule has 2 saturated heterocycles. The van der Waals surface area contributed by atoms with Crippen LogP contribution in [0.1, 0.15) is 5.56 Å². The number of benzene rings is 1. The summed E-state index contributed by atoms with van der Waals surface area (Å²) in [6.45, 7) is 8.02. The number of hydrogen-bond acceptors (Lipinski definition) is 5. The first kappa shape index (κ1) is 16.6. The van der Waals surface area contributed by atoms with Gasteiger partial charge in [-0.25, -0.2) is 0 Å². The lowest BCUT2D eigenvalue weighted by Gasteiger charge is -2.36. The monoisotopic (exact) mass is 343 g/mol. The Morgan fingerprint density at radius 1 is 0.960 bits per heavy atom. The molecule has 0 N–H and O–H groups in total. The van der Waals surface area contributed by atoms with Crippen LogP contribution >= 0.6 is 0 Å². The highest BCUT2D eigenvalue weighted by atomic mass is 16.5. The second kappa shape index (κ2) is 7.56. The number of ether oxygens (including phenoxy) is 1. The van der Waals surface area contributed by atoms with E-state index in [9.17, 15) is 4.79 Å². The summed E-state index contributed by atoms with van der Waals surface area (Å²) in [7, 11) is 0. The van der Waals surface area contributed by atoms with Gasteiger partial charge in [-0.3, -0.25) is 14.6 Å². The van der Waals surface area contributed by atoms with Gasteiger partial charge in [0.05, 0.1) is 26.0 Å². The van der Waals surface area contributed by atoms with Crippen molar-refractivity contribution in [1.29, 1.82) is 0 Å². The Balaban J connectivity index is 1.28. The number of para-hydroxylation sites is 1. The first-order valence-electron chi connectivity index (χ1n) is 9.05. The third-order valence-electron chi connectivity index (χ3n) is 5.14. The second-order valence-corrected chi connectivity index (χ2v) is 6.80. The minimum Gasteiger partial charge on any atom is -0.464 e. The van der Waals surface area contributed by atoms with Crippen LogP contribution in [0.25, 0.3) is 11.0 Å². The quantitative estimate of drug-likeness (QED) is 0.840. The molecule has 3 heterocycles. The van der Waals surface area contributed by atoms with Crippen molar-refractivity contribution < 1.29 is 13.9 Å². The van der Waals surface area contributed by atoms with E-state index in [2.05, 4.69) is 15.9 Å². The second-order valence-electron chi connectivity index (χ2n) is 6.80. The van der Waals surface area contributed by atoms with Gasteiger partial charge >= 0.3 is 0 Å². The molecule has 0 radical (unpaired) electrons. The molecule has 25 heavy (non-hydrogen) atoms. The van der Waals surface area contributed by atoms with Crippen molar-refractivity contribution in [2.75, 3.05) is 59.0 Å². The third kappa shape index (κ3) is 3.86. The fourth-order valence-corrected chi connectivity index (χ4v) is 3.60. The van der Waals surface area contributed by atoms with E-state index in [0.29, 0.717) is 6.54 Å². The largest absolute Gasteiger partial charge is 0.464 e. The van der Waals surface area contributed by atoms with E-state index in [1.165, 1.54) is 10.9 Å². The molecule has 1 aromatic carbocycles. The van der Waals surface area contributed by atoms with Crippen LogP contribution in [-0.4, -0.2) is 79.6 Å². The fourth-order valence-electron chi connectivity index (χ4n) is 3.60.